The molecule has 0 heterocycles. The number of halogens is 3. The standard InChI is InChI=1S/C12H12BrF2NO3/c13-8-3-1-2-7(4-8)5-11(17)16-9(12(18)19)6-10(14)15/h1-4,9-10H,5-6H2,(H,16,17)(H,18,19). The average molecular weight is 336 g/mol. The van der Waals surface area contributed by atoms with Gasteiger partial charge in [-0.2, -0.15) is 0 Å². The Balaban J connectivity index is 2.60. The fourth-order valence-electron chi connectivity index (χ4n) is 1.48. The summed E-state index contributed by atoms with van der Waals surface area (Å²) in [6, 6.07) is 5.31. The molecule has 0 aliphatic heterocycles. The largest absolute Gasteiger partial charge is 0.480 e. The maximum atomic E-state index is 12.2. The number of rotatable bonds is 6. The van der Waals surface area contributed by atoms with Gasteiger partial charge in [-0.1, -0.05) is 28.1 Å². The molecule has 1 atom stereocenters. The maximum Gasteiger partial charge on any atom is 0.326 e. The van der Waals surface area contributed by atoms with E-state index < -0.39 is 30.8 Å². The summed E-state index contributed by atoms with van der Waals surface area (Å²) < 4.78 is 25.1. The SMILES string of the molecule is O=C(Cc1cccc(Br)c1)NC(CC(F)F)C(=O)O. The molecular formula is C12H12BrF2NO3. The summed E-state index contributed by atoms with van der Waals surface area (Å²) in [5.74, 6) is -2.07. The summed E-state index contributed by atoms with van der Waals surface area (Å²) in [4.78, 5) is 22.3. The lowest BCUT2D eigenvalue weighted by Gasteiger charge is -2.14. The van der Waals surface area contributed by atoms with Gasteiger partial charge in [-0.05, 0) is 17.7 Å². The molecule has 1 aromatic carbocycles. The molecule has 1 aromatic rings. The molecule has 1 unspecified atom stereocenters. The summed E-state index contributed by atoms with van der Waals surface area (Å²) in [6.45, 7) is 0. The van der Waals surface area contributed by atoms with Crippen molar-refractivity contribution in [1.82, 2.24) is 5.32 Å². The van der Waals surface area contributed by atoms with Crippen LogP contribution in [0.15, 0.2) is 28.7 Å². The quantitative estimate of drug-likeness (QED) is 0.837. The van der Waals surface area contributed by atoms with E-state index in [1.165, 1.54) is 0 Å². The van der Waals surface area contributed by atoms with Crippen molar-refractivity contribution in [3.63, 3.8) is 0 Å². The molecule has 2 N–H and O–H groups in total. The first-order valence-electron chi connectivity index (χ1n) is 5.43. The average Bonchev–Trinajstić information content (AvgIpc) is 2.27. The fourth-order valence-corrected chi connectivity index (χ4v) is 1.92. The topological polar surface area (TPSA) is 66.4 Å². The van der Waals surface area contributed by atoms with Gasteiger partial charge in [0.05, 0.1) is 6.42 Å². The molecule has 19 heavy (non-hydrogen) atoms. The number of benzene rings is 1. The summed E-state index contributed by atoms with van der Waals surface area (Å²) in [7, 11) is 0. The lowest BCUT2D eigenvalue weighted by Crippen LogP contribution is -2.42. The van der Waals surface area contributed by atoms with Gasteiger partial charge in [0.2, 0.25) is 12.3 Å². The first kappa shape index (κ1) is 15.6. The molecule has 104 valence electrons. The predicted molar refractivity (Wildman–Crippen MR) is 68.0 cm³/mol. The van der Waals surface area contributed by atoms with Gasteiger partial charge >= 0.3 is 5.97 Å². The Morgan fingerprint density at radius 2 is 2.05 bits per heavy atom. The Kier molecular flexibility index (Phi) is 5.88. The van der Waals surface area contributed by atoms with Crippen LogP contribution in [0, 0.1) is 0 Å². The summed E-state index contributed by atoms with van der Waals surface area (Å²) in [5.41, 5.74) is 0.660. The maximum absolute atomic E-state index is 12.2. The summed E-state index contributed by atoms with van der Waals surface area (Å²) >= 11 is 3.23. The van der Waals surface area contributed by atoms with Crippen molar-refractivity contribution in [1.29, 1.82) is 0 Å². The highest BCUT2D eigenvalue weighted by Gasteiger charge is 2.23. The first-order valence-corrected chi connectivity index (χ1v) is 6.22. The van der Waals surface area contributed by atoms with E-state index in [0.29, 0.717) is 5.56 Å². The van der Waals surface area contributed by atoms with Crippen LogP contribution in [0.3, 0.4) is 0 Å². The molecule has 0 spiro atoms. The second kappa shape index (κ2) is 7.18. The molecule has 0 bridgehead atoms. The molecule has 0 aromatic heterocycles. The lowest BCUT2D eigenvalue weighted by atomic mass is 10.1. The lowest BCUT2D eigenvalue weighted by molar-refractivity contribution is -0.142. The Labute approximate surface area is 116 Å². The highest BCUT2D eigenvalue weighted by Crippen LogP contribution is 2.12. The van der Waals surface area contributed by atoms with Gasteiger partial charge in [0.15, 0.2) is 0 Å². The Bertz CT molecular complexity index is 468. The Morgan fingerprint density at radius 1 is 1.37 bits per heavy atom. The van der Waals surface area contributed by atoms with Crippen LogP contribution in [0.4, 0.5) is 8.78 Å². The third kappa shape index (κ3) is 5.78. The predicted octanol–water partition coefficient (Wildman–Crippen LogP) is 2.22. The zero-order valence-corrected chi connectivity index (χ0v) is 11.4. The van der Waals surface area contributed by atoms with E-state index in [4.69, 9.17) is 5.11 Å². The molecule has 1 rings (SSSR count). The van der Waals surface area contributed by atoms with Crippen LogP contribution in [0.1, 0.15) is 12.0 Å². The zero-order valence-electron chi connectivity index (χ0n) is 9.78. The van der Waals surface area contributed by atoms with E-state index in [1.54, 1.807) is 24.3 Å². The van der Waals surface area contributed by atoms with E-state index >= 15 is 0 Å². The highest BCUT2D eigenvalue weighted by molar-refractivity contribution is 9.10. The number of carbonyl (C=O) groups is 2. The monoisotopic (exact) mass is 335 g/mol. The van der Waals surface area contributed by atoms with E-state index in [-0.39, 0.29) is 6.42 Å². The van der Waals surface area contributed by atoms with Crippen LogP contribution < -0.4 is 5.32 Å². The van der Waals surface area contributed by atoms with Crippen LogP contribution in [-0.2, 0) is 16.0 Å². The number of aliphatic carboxylic acids is 1. The molecule has 4 nitrogen and oxygen atoms in total. The van der Waals surface area contributed by atoms with Gasteiger partial charge in [0, 0.05) is 10.9 Å². The Morgan fingerprint density at radius 3 is 2.58 bits per heavy atom. The van der Waals surface area contributed by atoms with Crippen molar-refractivity contribution in [3.05, 3.63) is 34.3 Å². The van der Waals surface area contributed by atoms with Crippen LogP contribution in [-0.4, -0.2) is 29.5 Å². The normalized spacial score (nSPS) is 12.2. The van der Waals surface area contributed by atoms with E-state index in [2.05, 4.69) is 21.2 Å². The number of alkyl halides is 2. The first-order chi connectivity index (χ1) is 8.88. The van der Waals surface area contributed by atoms with Crippen molar-refractivity contribution in [2.24, 2.45) is 0 Å². The van der Waals surface area contributed by atoms with Crippen molar-refractivity contribution >= 4 is 27.8 Å². The molecule has 7 heteroatoms. The number of amides is 1. The number of nitrogens with one attached hydrogen (secondary N) is 1. The number of carboxylic acids is 1. The van der Waals surface area contributed by atoms with E-state index in [0.717, 1.165) is 4.47 Å². The minimum Gasteiger partial charge on any atom is -0.480 e. The van der Waals surface area contributed by atoms with Crippen molar-refractivity contribution < 1.29 is 23.5 Å². The number of hydrogen-bond donors (Lipinski definition) is 2. The van der Waals surface area contributed by atoms with Crippen LogP contribution in [0.5, 0.6) is 0 Å². The van der Waals surface area contributed by atoms with Gasteiger partial charge < -0.3 is 10.4 Å². The van der Waals surface area contributed by atoms with Crippen molar-refractivity contribution in [2.75, 3.05) is 0 Å². The second-order valence-electron chi connectivity index (χ2n) is 3.89. The van der Waals surface area contributed by atoms with Gasteiger partial charge in [0.25, 0.3) is 0 Å². The second-order valence-corrected chi connectivity index (χ2v) is 4.81. The van der Waals surface area contributed by atoms with Gasteiger partial charge in [0.1, 0.15) is 6.04 Å². The van der Waals surface area contributed by atoms with Crippen LogP contribution in [0.2, 0.25) is 0 Å². The third-order valence-corrected chi connectivity index (χ3v) is 2.79. The number of carbonyl (C=O) groups excluding carboxylic acids is 1. The molecule has 0 radical (unpaired) electrons. The molecule has 0 aliphatic rings. The van der Waals surface area contributed by atoms with E-state index in [9.17, 15) is 18.4 Å². The highest BCUT2D eigenvalue weighted by atomic mass is 79.9. The summed E-state index contributed by atoms with van der Waals surface area (Å²) in [5, 5.41) is 10.8. The van der Waals surface area contributed by atoms with E-state index in [1.807, 2.05) is 0 Å². The zero-order chi connectivity index (χ0) is 14.4. The number of carboxylic acid groups (broad SMARTS) is 1. The fraction of sp³-hybridized carbons (Fsp3) is 0.333. The van der Waals surface area contributed by atoms with Crippen molar-refractivity contribution in [3.8, 4) is 0 Å². The molecule has 0 saturated heterocycles. The smallest absolute Gasteiger partial charge is 0.326 e. The minimum absolute atomic E-state index is 0.0630. The van der Waals surface area contributed by atoms with Crippen molar-refractivity contribution in [2.45, 2.75) is 25.3 Å². The molecule has 0 fully saturated rings. The molecule has 0 saturated carbocycles. The molecule has 0 aliphatic carbocycles. The third-order valence-electron chi connectivity index (χ3n) is 2.30. The molecule has 1 amide bonds. The minimum atomic E-state index is -2.78. The van der Waals surface area contributed by atoms with Gasteiger partial charge in [-0.3, -0.25) is 4.79 Å². The number of hydrogen-bond acceptors (Lipinski definition) is 2. The van der Waals surface area contributed by atoms with Crippen LogP contribution in [0.25, 0.3) is 0 Å². The molecular weight excluding hydrogens is 324 g/mol. The van der Waals surface area contributed by atoms with Crippen LogP contribution >= 0.6 is 15.9 Å². The Hall–Kier alpha value is -1.50. The summed E-state index contributed by atoms with van der Waals surface area (Å²) in [6.07, 6.45) is -3.75. The van der Waals surface area contributed by atoms with Gasteiger partial charge in [-0.25, -0.2) is 13.6 Å². The van der Waals surface area contributed by atoms with Gasteiger partial charge in [-0.15, -0.1) is 0 Å².